The number of aliphatic hydroxyl groups excluding tert-OH is 2. The van der Waals surface area contributed by atoms with Crippen molar-refractivity contribution in [2.24, 2.45) is 54.4 Å². The normalized spacial score (nSPS) is 44.4. The van der Waals surface area contributed by atoms with Crippen molar-refractivity contribution in [1.82, 2.24) is 26.6 Å². The van der Waals surface area contributed by atoms with E-state index in [1.54, 1.807) is 14.2 Å². The lowest BCUT2D eigenvalue weighted by Gasteiger charge is -2.48. The molecule has 0 aromatic heterocycles. The van der Waals surface area contributed by atoms with Gasteiger partial charge in [0.05, 0.1) is 59.0 Å². The lowest BCUT2D eigenvalue weighted by Crippen LogP contribution is -2.76. The van der Waals surface area contributed by atoms with Gasteiger partial charge in [0.15, 0.2) is 6.35 Å². The summed E-state index contributed by atoms with van der Waals surface area (Å²) in [4.78, 5) is 0. The monoisotopic (exact) mass is 1030 g/mol. The molecule has 7 aliphatic rings. The number of nitrogens with zero attached hydrogens (tertiary/aromatic N) is 6. The highest BCUT2D eigenvalue weighted by Crippen LogP contribution is 2.46. The maximum atomic E-state index is 11.9. The largest absolute Gasteiger partial charge is 0.390 e. The molecule has 0 bridgehead atoms. The van der Waals surface area contributed by atoms with Crippen LogP contribution in [0, 0.1) is 23.7 Å². The zero-order valence-electron chi connectivity index (χ0n) is 39.3. The molecule has 390 valence electrons. The van der Waals surface area contributed by atoms with Gasteiger partial charge in [-0.25, -0.2) is 10.5 Å². The second-order valence-electron chi connectivity index (χ2n) is 20.1. The zero-order chi connectivity index (χ0) is 48.4. The molecule has 0 spiro atoms. The standard InChI is InChI=1S/C41H75N11O13S3/c1-21-14-32(34(60-3)19-30(21)48-47-24-8-11-27(12-9-24)66-64-62-55)50-49-31-20-35(61-4)33(15-22(31)2)51-52-37-36(67-65-63-56)17-23-16-26(10-13-29(23)38(37)53)43-40-44-39(45-41(54)46-40)42-25-6-5-7-28(18-25)68(57,58)59/h21-46,53-56H,5-20H2,1-4H3,(H,57,58,59). The van der Waals surface area contributed by atoms with E-state index >= 15 is 0 Å². The van der Waals surface area contributed by atoms with Crippen LogP contribution in [0.1, 0.15) is 117 Å². The van der Waals surface area contributed by atoms with E-state index in [9.17, 15) is 23.2 Å². The maximum Gasteiger partial charge on any atom is 0.267 e. The average Bonchev–Trinajstić information content (AvgIpc) is 3.31. The van der Waals surface area contributed by atoms with E-state index in [-0.39, 0.29) is 95.1 Å². The minimum atomic E-state index is -4.13. The minimum Gasteiger partial charge on any atom is -0.390 e. The number of fused-ring (bicyclic) bond motifs is 1. The number of rotatable bonds is 19. The molecule has 1 heterocycles. The summed E-state index contributed by atoms with van der Waals surface area (Å²) in [5.74, 6) is 0.423. The molecule has 19 unspecified atom stereocenters. The average molecular weight is 1030 g/mol. The number of nitrogens with one attached hydrogen (secondary N) is 5. The van der Waals surface area contributed by atoms with Crippen LogP contribution in [0.15, 0.2) is 30.7 Å². The molecule has 0 aromatic rings. The number of methoxy groups -OCH3 is 2. The van der Waals surface area contributed by atoms with Crippen molar-refractivity contribution in [2.75, 3.05) is 14.2 Å². The Morgan fingerprint density at radius 2 is 1.19 bits per heavy atom. The van der Waals surface area contributed by atoms with E-state index < -0.39 is 46.4 Å². The van der Waals surface area contributed by atoms with Gasteiger partial charge in [-0.3, -0.25) is 31.1 Å². The number of azo groups is 3. The highest BCUT2D eigenvalue weighted by molar-refractivity contribution is 7.95. The summed E-state index contributed by atoms with van der Waals surface area (Å²) >= 11 is 2.06. The first-order valence-electron chi connectivity index (χ1n) is 24.4. The van der Waals surface area contributed by atoms with Gasteiger partial charge in [0.2, 0.25) is 0 Å². The molecule has 0 aromatic carbocycles. The van der Waals surface area contributed by atoms with Gasteiger partial charge in [-0.1, -0.05) is 30.3 Å². The van der Waals surface area contributed by atoms with Crippen molar-refractivity contribution in [2.45, 2.75) is 218 Å². The molecule has 6 saturated carbocycles. The molecule has 6 aliphatic carbocycles. The van der Waals surface area contributed by atoms with Crippen molar-refractivity contribution in [3.8, 4) is 0 Å². The van der Waals surface area contributed by atoms with Crippen LogP contribution in [0.3, 0.4) is 0 Å². The summed E-state index contributed by atoms with van der Waals surface area (Å²) in [6.45, 7) is 4.34. The fourth-order valence-electron chi connectivity index (χ4n) is 11.8. The number of ether oxygens (including phenoxy) is 2. The molecule has 27 heteroatoms. The second-order valence-corrected chi connectivity index (χ2v) is 23.7. The van der Waals surface area contributed by atoms with Gasteiger partial charge in [-0.15, -0.1) is 8.67 Å². The predicted octanol–water partition coefficient (Wildman–Crippen LogP) is 4.45. The Bertz CT molecular complexity index is 1750. The first-order chi connectivity index (χ1) is 32.7. The summed E-state index contributed by atoms with van der Waals surface area (Å²) < 4.78 is 54.7. The number of hydrogen-bond donors (Lipinski definition) is 10. The predicted molar refractivity (Wildman–Crippen MR) is 249 cm³/mol. The van der Waals surface area contributed by atoms with Gasteiger partial charge in [-0.05, 0) is 107 Å². The summed E-state index contributed by atoms with van der Waals surface area (Å²) in [6.07, 6.45) is 8.05. The summed E-state index contributed by atoms with van der Waals surface area (Å²) in [5, 5.41) is 92.2. The van der Waals surface area contributed by atoms with Crippen LogP contribution in [-0.4, -0.2) is 149 Å². The molecule has 1 saturated heterocycles. The topological polar surface area (TPSA) is 325 Å². The van der Waals surface area contributed by atoms with Crippen LogP contribution in [0.25, 0.3) is 0 Å². The molecule has 19 atom stereocenters. The molecule has 68 heavy (non-hydrogen) atoms. The third-order valence-corrected chi connectivity index (χ3v) is 18.7. The summed E-state index contributed by atoms with van der Waals surface area (Å²) in [7, 11) is -0.750. The van der Waals surface area contributed by atoms with Crippen molar-refractivity contribution in [3.63, 3.8) is 0 Å². The molecular formula is C41H75N11O13S3. The minimum absolute atomic E-state index is 0.0284. The van der Waals surface area contributed by atoms with E-state index in [4.69, 9.17) is 55.0 Å². The Morgan fingerprint density at radius 3 is 1.79 bits per heavy atom. The first kappa shape index (κ1) is 54.6. The zero-order valence-corrected chi connectivity index (χ0v) is 41.8. The lowest BCUT2D eigenvalue weighted by atomic mass is 9.66. The molecular weight excluding hydrogens is 951 g/mol. The summed E-state index contributed by atoms with van der Waals surface area (Å²) in [6, 6.07) is -1.01. The van der Waals surface area contributed by atoms with Crippen molar-refractivity contribution >= 4 is 34.2 Å². The van der Waals surface area contributed by atoms with Gasteiger partial charge in [0.1, 0.15) is 18.6 Å². The highest BCUT2D eigenvalue weighted by Gasteiger charge is 2.49. The summed E-state index contributed by atoms with van der Waals surface area (Å²) in [5.41, 5.74) is 0. The van der Waals surface area contributed by atoms with Gasteiger partial charge >= 0.3 is 0 Å². The SMILES string of the molecule is COC1CC(N=NC2CCC(SOOO)CC2)C(C)CC1N=NC1CC(OC)C(N=NC2C(SOOO)CC3CC(NC4NC(O)NC(NC5CCCC(S(=O)(=O)O)C5)N4)CCC3C2O)CC1C. The fourth-order valence-corrected chi connectivity index (χ4v) is 14.1. The number of aliphatic hydroxyl groups is 2. The van der Waals surface area contributed by atoms with Crippen molar-refractivity contribution in [3.05, 3.63) is 0 Å². The van der Waals surface area contributed by atoms with Crippen molar-refractivity contribution < 1.29 is 61.9 Å². The highest BCUT2D eigenvalue weighted by atomic mass is 32.2. The van der Waals surface area contributed by atoms with Crippen molar-refractivity contribution in [1.29, 1.82) is 0 Å². The van der Waals surface area contributed by atoms with Crippen LogP contribution in [-0.2, 0) is 38.3 Å². The first-order valence-corrected chi connectivity index (χ1v) is 27.5. The van der Waals surface area contributed by atoms with Crippen LogP contribution in [0.4, 0.5) is 0 Å². The third kappa shape index (κ3) is 15.0. The molecule has 1 aliphatic heterocycles. The second kappa shape index (κ2) is 26.2. The fraction of sp³-hybridized carbons (Fsp3) is 1.00. The van der Waals surface area contributed by atoms with Gasteiger partial charge in [0, 0.05) is 68.5 Å². The maximum absolute atomic E-state index is 11.9. The molecule has 7 fully saturated rings. The van der Waals surface area contributed by atoms with E-state index in [0.29, 0.717) is 38.5 Å². The Labute approximate surface area is 407 Å². The van der Waals surface area contributed by atoms with Crippen LogP contribution < -0.4 is 26.6 Å². The Morgan fingerprint density at radius 1 is 0.618 bits per heavy atom. The van der Waals surface area contributed by atoms with Crippen LogP contribution >= 0.6 is 24.1 Å². The Kier molecular flexibility index (Phi) is 21.0. The van der Waals surface area contributed by atoms with E-state index in [1.165, 1.54) is 0 Å². The van der Waals surface area contributed by atoms with Gasteiger partial charge < -0.3 is 19.7 Å². The van der Waals surface area contributed by atoms with Gasteiger partial charge in [0.25, 0.3) is 10.1 Å². The van der Waals surface area contributed by atoms with E-state index in [2.05, 4.69) is 54.8 Å². The van der Waals surface area contributed by atoms with Crippen LogP contribution in [0.5, 0.6) is 0 Å². The Hall–Kier alpha value is -1.19. The molecule has 0 amide bonds. The van der Waals surface area contributed by atoms with E-state index in [1.807, 2.05) is 0 Å². The molecule has 7 rings (SSSR count). The number of hydrogen-bond acceptors (Lipinski definition) is 25. The molecule has 10 N–H and O–H groups in total. The molecule has 24 nitrogen and oxygen atoms in total. The molecule has 0 radical (unpaired) electrons. The van der Waals surface area contributed by atoms with E-state index in [0.717, 1.165) is 81.9 Å². The van der Waals surface area contributed by atoms with Crippen LogP contribution in [0.2, 0.25) is 0 Å². The van der Waals surface area contributed by atoms with Gasteiger partial charge in [-0.2, -0.15) is 39.1 Å². The third-order valence-electron chi connectivity index (χ3n) is 15.7. The Balaban J connectivity index is 0.898. The quantitative estimate of drug-likeness (QED) is 0.0281. The smallest absolute Gasteiger partial charge is 0.267 e. The lowest BCUT2D eigenvalue weighted by molar-refractivity contribution is -0.432.